The van der Waals surface area contributed by atoms with Gasteiger partial charge in [-0.05, 0) is 85.9 Å². The van der Waals surface area contributed by atoms with Gasteiger partial charge in [-0.25, -0.2) is 0 Å². The van der Waals surface area contributed by atoms with E-state index in [1.807, 2.05) is 24.3 Å². The van der Waals surface area contributed by atoms with E-state index in [0.29, 0.717) is 0 Å². The number of hydrogen-bond acceptors (Lipinski definition) is 1. The monoisotopic (exact) mass is 388 g/mol. The van der Waals surface area contributed by atoms with Gasteiger partial charge in [0.05, 0.1) is 6.61 Å². The van der Waals surface area contributed by atoms with Crippen LogP contribution >= 0.6 is 0 Å². The van der Waals surface area contributed by atoms with Gasteiger partial charge in [0.15, 0.2) is 0 Å². The van der Waals surface area contributed by atoms with Crippen LogP contribution in [0.4, 0.5) is 0 Å². The van der Waals surface area contributed by atoms with Crippen molar-refractivity contribution in [1.29, 1.82) is 0 Å². The predicted octanol–water partition coefficient (Wildman–Crippen LogP) is 7.73. The molecule has 0 amide bonds. The van der Waals surface area contributed by atoms with Crippen LogP contribution < -0.4 is 4.74 Å². The van der Waals surface area contributed by atoms with E-state index < -0.39 is 0 Å². The second-order valence-corrected chi connectivity index (χ2v) is 8.46. The van der Waals surface area contributed by atoms with E-state index in [9.17, 15) is 0 Å². The first-order valence-corrected chi connectivity index (χ1v) is 11.6. The fourth-order valence-electron chi connectivity index (χ4n) is 4.30. The fourth-order valence-corrected chi connectivity index (χ4v) is 4.30. The number of benzene rings is 2. The fraction of sp³-hybridized carbons (Fsp3) is 0.500. The van der Waals surface area contributed by atoms with E-state index >= 15 is 0 Å². The molecule has 0 saturated heterocycles. The minimum Gasteiger partial charge on any atom is -0.494 e. The number of rotatable bonds is 8. The molecule has 0 bridgehead atoms. The summed E-state index contributed by atoms with van der Waals surface area (Å²) < 4.78 is 5.63. The first kappa shape index (κ1) is 21.5. The van der Waals surface area contributed by atoms with Crippen LogP contribution in [0.25, 0.3) is 0 Å². The van der Waals surface area contributed by atoms with Gasteiger partial charge in [-0.1, -0.05) is 63.5 Å². The zero-order valence-corrected chi connectivity index (χ0v) is 18.3. The summed E-state index contributed by atoms with van der Waals surface area (Å²) in [5.74, 6) is 9.20. The zero-order valence-electron chi connectivity index (χ0n) is 18.3. The van der Waals surface area contributed by atoms with Crippen molar-refractivity contribution in [3.05, 3.63) is 65.2 Å². The van der Waals surface area contributed by atoms with Crippen molar-refractivity contribution in [3.63, 3.8) is 0 Å². The van der Waals surface area contributed by atoms with Gasteiger partial charge < -0.3 is 4.74 Å². The van der Waals surface area contributed by atoms with Crippen LogP contribution in [0.1, 0.15) is 94.2 Å². The minimum atomic E-state index is 0.745. The van der Waals surface area contributed by atoms with Crippen molar-refractivity contribution in [2.75, 3.05) is 6.61 Å². The molecule has 0 atom stereocenters. The molecule has 3 rings (SSSR count). The van der Waals surface area contributed by atoms with E-state index in [-0.39, 0.29) is 0 Å². The molecule has 0 unspecified atom stereocenters. The third-order valence-corrected chi connectivity index (χ3v) is 6.12. The van der Waals surface area contributed by atoms with Gasteiger partial charge in [0.1, 0.15) is 5.75 Å². The van der Waals surface area contributed by atoms with Crippen LogP contribution in [-0.4, -0.2) is 6.61 Å². The highest BCUT2D eigenvalue weighted by Crippen LogP contribution is 2.37. The summed E-state index contributed by atoms with van der Waals surface area (Å²) in [6.45, 7) is 5.17. The molecule has 1 saturated carbocycles. The van der Waals surface area contributed by atoms with E-state index in [1.54, 1.807) is 0 Å². The zero-order chi connectivity index (χ0) is 20.3. The van der Waals surface area contributed by atoms with Crippen LogP contribution in [0, 0.1) is 17.8 Å². The smallest absolute Gasteiger partial charge is 0.119 e. The van der Waals surface area contributed by atoms with Gasteiger partial charge >= 0.3 is 0 Å². The summed E-state index contributed by atoms with van der Waals surface area (Å²) in [7, 11) is 0. The van der Waals surface area contributed by atoms with Gasteiger partial charge in [-0.15, -0.1) is 0 Å². The molecule has 29 heavy (non-hydrogen) atoms. The molecule has 1 fully saturated rings. The van der Waals surface area contributed by atoms with E-state index in [2.05, 4.69) is 50.0 Å². The highest BCUT2D eigenvalue weighted by Gasteiger charge is 2.21. The summed E-state index contributed by atoms with van der Waals surface area (Å²) in [5.41, 5.74) is 3.62. The molecule has 0 N–H and O–H groups in total. The van der Waals surface area contributed by atoms with E-state index in [4.69, 9.17) is 4.74 Å². The average molecular weight is 389 g/mol. The summed E-state index contributed by atoms with van der Waals surface area (Å²) >= 11 is 0. The first-order chi connectivity index (χ1) is 14.3. The molecule has 1 heteroatoms. The van der Waals surface area contributed by atoms with Crippen LogP contribution in [0.2, 0.25) is 0 Å². The second kappa shape index (κ2) is 11.7. The van der Waals surface area contributed by atoms with E-state index in [0.717, 1.165) is 41.7 Å². The SMILES string of the molecule is CCCCCC1CCC(c2ccc(C#Cc3ccc(OCCC)cc3)cc2)CC1. The Bertz CT molecular complexity index is 768. The lowest BCUT2D eigenvalue weighted by molar-refractivity contribution is 0.303. The number of unbranched alkanes of at least 4 members (excludes halogenated alkanes) is 2. The number of ether oxygens (including phenoxy) is 1. The quantitative estimate of drug-likeness (QED) is 0.332. The Morgan fingerprint density at radius 3 is 1.97 bits per heavy atom. The number of hydrogen-bond donors (Lipinski definition) is 0. The third-order valence-electron chi connectivity index (χ3n) is 6.12. The van der Waals surface area contributed by atoms with Crippen molar-refractivity contribution in [3.8, 4) is 17.6 Å². The Balaban J connectivity index is 1.50. The maximum Gasteiger partial charge on any atom is 0.119 e. The molecule has 0 aromatic heterocycles. The van der Waals surface area contributed by atoms with Crippen LogP contribution in [-0.2, 0) is 0 Å². The van der Waals surface area contributed by atoms with Crippen molar-refractivity contribution in [2.45, 2.75) is 77.6 Å². The molecule has 154 valence electrons. The van der Waals surface area contributed by atoms with Crippen LogP contribution in [0.3, 0.4) is 0 Å². The molecule has 2 aromatic carbocycles. The van der Waals surface area contributed by atoms with Gasteiger partial charge in [0, 0.05) is 11.1 Å². The third kappa shape index (κ3) is 6.97. The van der Waals surface area contributed by atoms with Crippen molar-refractivity contribution in [2.24, 2.45) is 5.92 Å². The van der Waals surface area contributed by atoms with Crippen LogP contribution in [0.15, 0.2) is 48.5 Å². The van der Waals surface area contributed by atoms with Gasteiger partial charge in [-0.2, -0.15) is 0 Å². The Morgan fingerprint density at radius 2 is 1.38 bits per heavy atom. The Hall–Kier alpha value is -2.20. The highest BCUT2D eigenvalue weighted by molar-refractivity contribution is 5.45. The molecule has 1 aliphatic carbocycles. The summed E-state index contributed by atoms with van der Waals surface area (Å²) in [4.78, 5) is 0. The Morgan fingerprint density at radius 1 is 0.759 bits per heavy atom. The van der Waals surface area contributed by atoms with E-state index in [1.165, 1.54) is 56.9 Å². The summed E-state index contributed by atoms with van der Waals surface area (Å²) in [5, 5.41) is 0. The summed E-state index contributed by atoms with van der Waals surface area (Å²) in [6.07, 6.45) is 12.2. The molecule has 0 spiro atoms. The Labute approximate surface area is 177 Å². The second-order valence-electron chi connectivity index (χ2n) is 8.46. The topological polar surface area (TPSA) is 9.23 Å². The van der Waals surface area contributed by atoms with Gasteiger partial charge in [0.25, 0.3) is 0 Å². The lowest BCUT2D eigenvalue weighted by Crippen LogP contribution is -2.13. The van der Waals surface area contributed by atoms with Gasteiger partial charge in [-0.3, -0.25) is 0 Å². The van der Waals surface area contributed by atoms with Crippen LogP contribution in [0.5, 0.6) is 5.75 Å². The highest BCUT2D eigenvalue weighted by atomic mass is 16.5. The maximum atomic E-state index is 5.63. The first-order valence-electron chi connectivity index (χ1n) is 11.6. The lowest BCUT2D eigenvalue weighted by Gasteiger charge is -2.29. The predicted molar refractivity (Wildman–Crippen MR) is 123 cm³/mol. The average Bonchev–Trinajstić information content (AvgIpc) is 2.78. The minimum absolute atomic E-state index is 0.745. The maximum absolute atomic E-state index is 5.63. The normalized spacial score (nSPS) is 18.7. The molecular formula is C28H36O. The molecule has 2 aromatic rings. The van der Waals surface area contributed by atoms with Crippen molar-refractivity contribution < 1.29 is 4.74 Å². The van der Waals surface area contributed by atoms with Crippen molar-refractivity contribution >= 4 is 0 Å². The molecule has 1 nitrogen and oxygen atoms in total. The lowest BCUT2D eigenvalue weighted by atomic mass is 9.77. The molecule has 0 aliphatic heterocycles. The van der Waals surface area contributed by atoms with Crippen molar-refractivity contribution in [1.82, 2.24) is 0 Å². The molecular weight excluding hydrogens is 352 g/mol. The molecule has 1 aliphatic rings. The molecule has 0 heterocycles. The van der Waals surface area contributed by atoms with Gasteiger partial charge in [0.2, 0.25) is 0 Å². The summed E-state index contributed by atoms with van der Waals surface area (Å²) in [6, 6.07) is 17.0. The Kier molecular flexibility index (Phi) is 8.69. The molecule has 0 radical (unpaired) electrons. The standard InChI is InChI=1S/C28H36O/c1-3-5-6-7-23-10-16-26(17-11-23)27-18-12-24(13-19-27)8-9-25-14-20-28(21-15-25)29-22-4-2/h12-15,18-21,23,26H,3-7,10-11,16-17,22H2,1-2H3. The largest absolute Gasteiger partial charge is 0.494 e.